The first kappa shape index (κ1) is 21.3. The molecule has 3 aromatic rings. The lowest BCUT2D eigenvalue weighted by Crippen LogP contribution is -2.32. The number of fused-ring (bicyclic) bond motifs is 3. The Morgan fingerprint density at radius 2 is 2.13 bits per heavy atom. The number of hydrogen-bond acceptors (Lipinski definition) is 8. The minimum absolute atomic E-state index is 0.231. The molecule has 4 rings (SSSR count). The summed E-state index contributed by atoms with van der Waals surface area (Å²) in [6, 6.07) is 9.14. The molecule has 1 aliphatic carbocycles. The Balaban J connectivity index is 1.52. The van der Waals surface area contributed by atoms with E-state index in [4.69, 9.17) is 10.00 Å². The maximum Gasteiger partial charge on any atom is 0.339 e. The van der Waals surface area contributed by atoms with E-state index in [2.05, 4.69) is 9.97 Å². The van der Waals surface area contributed by atoms with Gasteiger partial charge in [0.15, 0.2) is 6.61 Å². The van der Waals surface area contributed by atoms with Gasteiger partial charge in [0.05, 0.1) is 18.1 Å². The fraction of sp³-hybridized carbons (Fsp3) is 0.318. The maximum absolute atomic E-state index is 12.7. The standard InChI is InChI=1S/C22H20N4O3S2/c1-26(11-5-10-23)18(27)12-29-22(28)15-6-2-3-8-17(15)31-21-19-14-7-4-9-16(14)30-20(19)24-13-25-21/h2-3,6,8,13H,4-5,7,9,11-12H2,1H3. The first-order valence-corrected chi connectivity index (χ1v) is 11.5. The van der Waals surface area contributed by atoms with Gasteiger partial charge in [-0.05, 0) is 37.0 Å². The Morgan fingerprint density at radius 3 is 2.97 bits per heavy atom. The van der Waals surface area contributed by atoms with Crippen molar-refractivity contribution in [3.05, 3.63) is 46.6 Å². The van der Waals surface area contributed by atoms with Gasteiger partial charge in [0, 0.05) is 28.8 Å². The summed E-state index contributed by atoms with van der Waals surface area (Å²) in [5, 5.41) is 10.6. The van der Waals surface area contributed by atoms with Crippen LogP contribution >= 0.6 is 23.1 Å². The Hall–Kier alpha value is -2.96. The molecule has 0 unspecified atom stereocenters. The van der Waals surface area contributed by atoms with Crippen molar-refractivity contribution in [2.45, 2.75) is 35.6 Å². The van der Waals surface area contributed by atoms with E-state index in [9.17, 15) is 9.59 Å². The largest absolute Gasteiger partial charge is 0.452 e. The number of esters is 1. The van der Waals surface area contributed by atoms with Crippen LogP contribution in [0.1, 0.15) is 33.6 Å². The number of amides is 1. The van der Waals surface area contributed by atoms with Crippen LogP contribution in [-0.2, 0) is 22.4 Å². The molecule has 9 heteroatoms. The van der Waals surface area contributed by atoms with Crippen LogP contribution in [0.3, 0.4) is 0 Å². The Labute approximate surface area is 188 Å². The number of likely N-dealkylation sites (N-methyl/N-ethyl adjacent to an activating group) is 1. The molecule has 0 radical (unpaired) electrons. The van der Waals surface area contributed by atoms with Crippen LogP contribution < -0.4 is 0 Å². The van der Waals surface area contributed by atoms with Crippen molar-refractivity contribution in [3.63, 3.8) is 0 Å². The zero-order valence-electron chi connectivity index (χ0n) is 17.0. The average Bonchev–Trinajstić information content (AvgIpc) is 3.37. The fourth-order valence-electron chi connectivity index (χ4n) is 3.46. The average molecular weight is 453 g/mol. The molecule has 0 saturated heterocycles. The lowest BCUT2D eigenvalue weighted by Gasteiger charge is -2.15. The van der Waals surface area contributed by atoms with Crippen LogP contribution in [-0.4, -0.2) is 46.9 Å². The maximum atomic E-state index is 12.7. The number of ether oxygens (including phenoxy) is 1. The minimum Gasteiger partial charge on any atom is -0.452 e. The second kappa shape index (κ2) is 9.45. The molecule has 7 nitrogen and oxygen atoms in total. The second-order valence-electron chi connectivity index (χ2n) is 7.11. The van der Waals surface area contributed by atoms with Crippen molar-refractivity contribution in [1.29, 1.82) is 5.26 Å². The molecule has 0 bridgehead atoms. The van der Waals surface area contributed by atoms with Gasteiger partial charge in [-0.15, -0.1) is 11.3 Å². The topological polar surface area (TPSA) is 96.2 Å². The Bertz CT molecular complexity index is 1190. The van der Waals surface area contributed by atoms with Crippen LogP contribution in [0, 0.1) is 11.3 Å². The highest BCUT2D eigenvalue weighted by atomic mass is 32.2. The van der Waals surface area contributed by atoms with E-state index in [1.807, 2.05) is 18.2 Å². The molecular formula is C22H20N4O3S2. The molecule has 0 aliphatic heterocycles. The van der Waals surface area contributed by atoms with E-state index < -0.39 is 5.97 Å². The lowest BCUT2D eigenvalue weighted by atomic mass is 10.2. The van der Waals surface area contributed by atoms with Gasteiger partial charge in [-0.1, -0.05) is 23.9 Å². The summed E-state index contributed by atoms with van der Waals surface area (Å²) in [5.74, 6) is -0.911. The lowest BCUT2D eigenvalue weighted by molar-refractivity contribution is -0.133. The first-order valence-electron chi connectivity index (χ1n) is 9.88. The van der Waals surface area contributed by atoms with Crippen molar-refractivity contribution < 1.29 is 14.3 Å². The number of rotatable bonds is 7. The van der Waals surface area contributed by atoms with Crippen LogP contribution in [0.4, 0.5) is 0 Å². The summed E-state index contributed by atoms with van der Waals surface area (Å²) in [6.45, 7) is -0.0659. The van der Waals surface area contributed by atoms with E-state index in [0.29, 0.717) is 12.1 Å². The van der Waals surface area contributed by atoms with E-state index in [1.54, 1.807) is 36.8 Å². The van der Waals surface area contributed by atoms with E-state index >= 15 is 0 Å². The molecule has 0 atom stereocenters. The number of nitriles is 1. The van der Waals surface area contributed by atoms with Gasteiger partial charge in [0.2, 0.25) is 0 Å². The summed E-state index contributed by atoms with van der Waals surface area (Å²) in [4.78, 5) is 38.2. The molecule has 0 N–H and O–H groups in total. The van der Waals surface area contributed by atoms with E-state index in [-0.39, 0.29) is 18.9 Å². The highest BCUT2D eigenvalue weighted by molar-refractivity contribution is 7.99. The molecular weight excluding hydrogens is 432 g/mol. The third kappa shape index (κ3) is 4.55. The van der Waals surface area contributed by atoms with Crippen molar-refractivity contribution in [2.75, 3.05) is 20.2 Å². The van der Waals surface area contributed by atoms with Crippen molar-refractivity contribution in [1.82, 2.24) is 14.9 Å². The summed E-state index contributed by atoms with van der Waals surface area (Å²) in [5.41, 5.74) is 1.72. The van der Waals surface area contributed by atoms with E-state index in [1.165, 1.54) is 27.1 Å². The third-order valence-corrected chi connectivity index (χ3v) is 7.37. The summed E-state index contributed by atoms with van der Waals surface area (Å²) in [6.07, 6.45) is 5.06. The van der Waals surface area contributed by atoms with Crippen molar-refractivity contribution >= 4 is 45.2 Å². The molecule has 1 aromatic carbocycles. The second-order valence-corrected chi connectivity index (χ2v) is 9.23. The van der Waals surface area contributed by atoms with Crippen molar-refractivity contribution in [3.8, 4) is 6.07 Å². The van der Waals surface area contributed by atoms with E-state index in [0.717, 1.165) is 39.4 Å². The highest BCUT2D eigenvalue weighted by Gasteiger charge is 2.23. The molecule has 0 spiro atoms. The smallest absolute Gasteiger partial charge is 0.339 e. The molecule has 0 saturated carbocycles. The zero-order valence-corrected chi connectivity index (χ0v) is 18.6. The van der Waals surface area contributed by atoms with Crippen LogP contribution in [0.15, 0.2) is 40.5 Å². The molecule has 158 valence electrons. The fourth-order valence-corrected chi connectivity index (χ4v) is 5.79. The number of thiophene rings is 1. The number of benzene rings is 1. The highest BCUT2D eigenvalue weighted by Crippen LogP contribution is 2.42. The number of nitrogens with zero attached hydrogens (tertiary/aromatic N) is 4. The van der Waals surface area contributed by atoms with Gasteiger partial charge >= 0.3 is 5.97 Å². The first-order chi connectivity index (χ1) is 15.1. The Morgan fingerprint density at radius 1 is 1.29 bits per heavy atom. The van der Waals surface area contributed by atoms with Gasteiger partial charge in [-0.25, -0.2) is 14.8 Å². The van der Waals surface area contributed by atoms with Gasteiger partial charge < -0.3 is 9.64 Å². The SMILES string of the molecule is CN(CCC#N)C(=O)COC(=O)c1ccccc1Sc1ncnc2sc3c(c12)CCC3. The number of aromatic nitrogens is 2. The van der Waals surface area contributed by atoms with Gasteiger partial charge in [0.25, 0.3) is 5.91 Å². The number of aryl methyl sites for hydroxylation is 2. The molecule has 2 heterocycles. The van der Waals surface area contributed by atoms with Crippen LogP contribution in [0.5, 0.6) is 0 Å². The number of hydrogen-bond donors (Lipinski definition) is 0. The summed E-state index contributed by atoms with van der Waals surface area (Å²) >= 11 is 3.14. The molecule has 31 heavy (non-hydrogen) atoms. The van der Waals surface area contributed by atoms with Gasteiger partial charge in [-0.3, -0.25) is 4.79 Å². The molecule has 1 amide bonds. The minimum atomic E-state index is -0.564. The molecule has 0 fully saturated rings. The number of carbonyl (C=O) groups is 2. The quantitative estimate of drug-likeness (QED) is 0.397. The van der Waals surface area contributed by atoms with Crippen molar-refractivity contribution in [2.24, 2.45) is 0 Å². The normalized spacial score (nSPS) is 12.4. The van der Waals surface area contributed by atoms with Gasteiger partial charge in [-0.2, -0.15) is 5.26 Å². The molecule has 2 aromatic heterocycles. The van der Waals surface area contributed by atoms with Crippen LogP contribution in [0.2, 0.25) is 0 Å². The monoisotopic (exact) mass is 452 g/mol. The summed E-state index contributed by atoms with van der Waals surface area (Å²) in [7, 11) is 1.58. The summed E-state index contributed by atoms with van der Waals surface area (Å²) < 4.78 is 5.26. The molecule has 1 aliphatic rings. The predicted octanol–water partition coefficient (Wildman–Crippen LogP) is 3.86. The van der Waals surface area contributed by atoms with Gasteiger partial charge in [0.1, 0.15) is 16.2 Å². The Kier molecular flexibility index (Phi) is 6.49. The predicted molar refractivity (Wildman–Crippen MR) is 118 cm³/mol. The van der Waals surface area contributed by atoms with Crippen LogP contribution in [0.25, 0.3) is 10.2 Å². The third-order valence-electron chi connectivity index (χ3n) is 5.09. The number of carbonyl (C=O) groups excluding carboxylic acids is 2. The zero-order chi connectivity index (χ0) is 21.8.